The summed E-state index contributed by atoms with van der Waals surface area (Å²) in [5.41, 5.74) is 6.54. The number of aromatic nitrogens is 4. The first-order valence-corrected chi connectivity index (χ1v) is 12.2. The Morgan fingerprint density at radius 1 is 1.12 bits per heavy atom. The van der Waals surface area contributed by atoms with Crippen LogP contribution in [0.1, 0.15) is 44.9 Å². The minimum absolute atomic E-state index is 0.0252. The molecule has 5 rings (SSSR count). The number of rotatable bonds is 5. The number of hydrogen-bond acceptors (Lipinski definition) is 9. The predicted octanol–water partition coefficient (Wildman–Crippen LogP) is 2.30. The third-order valence-corrected chi connectivity index (χ3v) is 7.12. The first-order valence-electron chi connectivity index (χ1n) is 12.2. The zero-order valence-corrected chi connectivity index (χ0v) is 19.9. The van der Waals surface area contributed by atoms with Crippen molar-refractivity contribution in [1.29, 1.82) is 0 Å². The quantitative estimate of drug-likeness (QED) is 0.706. The van der Waals surface area contributed by atoms with E-state index in [1.807, 2.05) is 20.2 Å². The highest BCUT2D eigenvalue weighted by molar-refractivity contribution is 5.78. The Labute approximate surface area is 199 Å². The molecule has 2 aliphatic carbocycles. The molecule has 182 valence electrons. The molecular weight excluding hydrogens is 434 g/mol. The summed E-state index contributed by atoms with van der Waals surface area (Å²) in [5, 5.41) is 0. The highest BCUT2D eigenvalue weighted by atomic mass is 16.5. The van der Waals surface area contributed by atoms with E-state index in [0.29, 0.717) is 30.2 Å². The van der Waals surface area contributed by atoms with Crippen LogP contribution in [0.25, 0.3) is 11.4 Å². The number of carbonyl (C=O) groups is 1. The third-order valence-electron chi connectivity index (χ3n) is 7.12. The summed E-state index contributed by atoms with van der Waals surface area (Å²) in [6.07, 6.45) is 8.36. The molecule has 2 aromatic heterocycles. The van der Waals surface area contributed by atoms with E-state index < -0.39 is 0 Å². The highest BCUT2D eigenvalue weighted by Crippen LogP contribution is 2.34. The zero-order chi connectivity index (χ0) is 23.7. The van der Waals surface area contributed by atoms with Crippen molar-refractivity contribution in [3.8, 4) is 17.4 Å². The highest BCUT2D eigenvalue weighted by Gasteiger charge is 2.38. The van der Waals surface area contributed by atoms with Gasteiger partial charge in [0.1, 0.15) is 11.9 Å². The Hall–Kier alpha value is -3.01. The van der Waals surface area contributed by atoms with Gasteiger partial charge >= 0.3 is 6.01 Å². The maximum atomic E-state index is 12.3. The summed E-state index contributed by atoms with van der Waals surface area (Å²) >= 11 is 0. The molecule has 34 heavy (non-hydrogen) atoms. The summed E-state index contributed by atoms with van der Waals surface area (Å²) < 4.78 is 12.3. The molecule has 1 aliphatic heterocycles. The number of pyridine rings is 1. The van der Waals surface area contributed by atoms with Crippen LogP contribution in [-0.2, 0) is 9.53 Å². The van der Waals surface area contributed by atoms with Crippen LogP contribution in [0.3, 0.4) is 0 Å². The Bertz CT molecular complexity index is 1010. The molecule has 2 N–H and O–H groups in total. The Morgan fingerprint density at radius 3 is 2.68 bits per heavy atom. The molecule has 3 aliphatic rings. The molecule has 3 fully saturated rings. The molecule has 1 amide bonds. The SMILES string of the molecule is CN(C)C(=O)[C@H]1CC[C@H](Oc2nc(-c3ccc(N)nc3)nc(N3CCO[C@@H]4CCC[C@H]43)n2)CC1. The lowest BCUT2D eigenvalue weighted by Crippen LogP contribution is -2.49. The summed E-state index contributed by atoms with van der Waals surface area (Å²) in [4.78, 5) is 34.6. The minimum atomic E-state index is -0.0252. The number of fused-ring (bicyclic) bond motifs is 1. The summed E-state index contributed by atoms with van der Waals surface area (Å²) in [5.74, 6) is 1.84. The first kappa shape index (κ1) is 22.8. The van der Waals surface area contributed by atoms with E-state index in [2.05, 4.69) is 14.9 Å². The lowest BCUT2D eigenvalue weighted by molar-refractivity contribution is -0.134. The van der Waals surface area contributed by atoms with Gasteiger partial charge in [0, 0.05) is 38.3 Å². The number of nitrogens with zero attached hydrogens (tertiary/aromatic N) is 6. The van der Waals surface area contributed by atoms with Crippen LogP contribution in [0.2, 0.25) is 0 Å². The number of hydrogen-bond donors (Lipinski definition) is 1. The van der Waals surface area contributed by atoms with Gasteiger partial charge in [0.25, 0.3) is 0 Å². The lowest BCUT2D eigenvalue weighted by atomic mass is 9.86. The molecule has 2 aromatic rings. The van der Waals surface area contributed by atoms with Crippen molar-refractivity contribution in [2.75, 3.05) is 37.9 Å². The Balaban J connectivity index is 1.39. The summed E-state index contributed by atoms with van der Waals surface area (Å²) in [7, 11) is 3.62. The molecule has 0 radical (unpaired) electrons. The molecule has 10 heteroatoms. The number of ether oxygens (including phenoxy) is 2. The van der Waals surface area contributed by atoms with Crippen LogP contribution in [-0.4, -0.2) is 76.2 Å². The fraction of sp³-hybridized carbons (Fsp3) is 0.625. The third kappa shape index (κ3) is 4.77. The van der Waals surface area contributed by atoms with Crippen molar-refractivity contribution in [3.63, 3.8) is 0 Å². The standard InChI is InChI=1S/C24H33N7O3/c1-30(2)22(32)15-6-9-17(10-7-15)34-24-28-21(16-8-11-20(25)26-14-16)27-23(29-24)31-12-13-33-19-5-3-4-18(19)31/h8,11,14-15,17-19H,3-7,9-10,12-13H2,1-2H3,(H2,25,26)/t15-,17-,18-,19-/m1/s1. The van der Waals surface area contributed by atoms with E-state index in [1.54, 1.807) is 17.2 Å². The molecule has 0 unspecified atom stereocenters. The second-order valence-electron chi connectivity index (χ2n) is 9.64. The van der Waals surface area contributed by atoms with Crippen molar-refractivity contribution in [2.45, 2.75) is 63.2 Å². The molecule has 0 spiro atoms. The number of carbonyl (C=O) groups excluding carboxylic acids is 1. The van der Waals surface area contributed by atoms with Crippen LogP contribution < -0.4 is 15.4 Å². The van der Waals surface area contributed by atoms with E-state index in [4.69, 9.17) is 25.2 Å². The summed E-state index contributed by atoms with van der Waals surface area (Å²) in [6, 6.07) is 4.19. The van der Waals surface area contributed by atoms with Crippen LogP contribution in [0.4, 0.5) is 11.8 Å². The van der Waals surface area contributed by atoms with E-state index >= 15 is 0 Å². The van der Waals surface area contributed by atoms with Gasteiger partial charge in [0.15, 0.2) is 5.82 Å². The van der Waals surface area contributed by atoms with Gasteiger partial charge in [-0.05, 0) is 57.1 Å². The first-order chi connectivity index (χ1) is 16.5. The largest absolute Gasteiger partial charge is 0.460 e. The fourth-order valence-electron chi connectivity index (χ4n) is 5.31. The topological polar surface area (TPSA) is 120 Å². The molecule has 3 heterocycles. The molecular formula is C24H33N7O3. The smallest absolute Gasteiger partial charge is 0.322 e. The van der Waals surface area contributed by atoms with Crippen LogP contribution in [0, 0.1) is 5.92 Å². The van der Waals surface area contributed by atoms with Gasteiger partial charge in [-0.3, -0.25) is 4.79 Å². The molecule has 2 atom stereocenters. The van der Waals surface area contributed by atoms with Gasteiger partial charge < -0.3 is 25.0 Å². The van der Waals surface area contributed by atoms with Gasteiger partial charge in [0.05, 0.1) is 18.8 Å². The van der Waals surface area contributed by atoms with Gasteiger partial charge in [0.2, 0.25) is 11.9 Å². The summed E-state index contributed by atoms with van der Waals surface area (Å²) in [6.45, 7) is 1.40. The fourth-order valence-corrected chi connectivity index (χ4v) is 5.31. The van der Waals surface area contributed by atoms with Gasteiger partial charge in [-0.25, -0.2) is 4.98 Å². The van der Waals surface area contributed by atoms with Gasteiger partial charge in [-0.2, -0.15) is 15.0 Å². The monoisotopic (exact) mass is 467 g/mol. The molecule has 2 saturated carbocycles. The minimum Gasteiger partial charge on any atom is -0.460 e. The number of morpholine rings is 1. The Kier molecular flexibility index (Phi) is 6.49. The maximum absolute atomic E-state index is 12.3. The number of nitrogen functional groups attached to an aromatic ring is 1. The van der Waals surface area contributed by atoms with Crippen molar-refractivity contribution in [3.05, 3.63) is 18.3 Å². The van der Waals surface area contributed by atoms with E-state index in [9.17, 15) is 4.79 Å². The van der Waals surface area contributed by atoms with Crippen LogP contribution >= 0.6 is 0 Å². The van der Waals surface area contributed by atoms with E-state index in [1.165, 1.54) is 0 Å². The number of nitrogens with two attached hydrogens (primary N) is 1. The number of anilines is 2. The van der Waals surface area contributed by atoms with Crippen molar-refractivity contribution >= 4 is 17.7 Å². The average Bonchev–Trinajstić information content (AvgIpc) is 3.33. The zero-order valence-electron chi connectivity index (χ0n) is 19.9. The molecule has 10 nitrogen and oxygen atoms in total. The molecule has 1 saturated heterocycles. The van der Waals surface area contributed by atoms with Crippen molar-refractivity contribution in [1.82, 2.24) is 24.8 Å². The Morgan fingerprint density at radius 2 is 1.94 bits per heavy atom. The van der Waals surface area contributed by atoms with Crippen molar-refractivity contribution < 1.29 is 14.3 Å². The maximum Gasteiger partial charge on any atom is 0.322 e. The molecule has 0 aromatic carbocycles. The second-order valence-corrected chi connectivity index (χ2v) is 9.64. The van der Waals surface area contributed by atoms with Gasteiger partial charge in [-0.15, -0.1) is 0 Å². The normalized spacial score (nSPS) is 26.7. The van der Waals surface area contributed by atoms with E-state index in [0.717, 1.165) is 57.1 Å². The molecule has 0 bridgehead atoms. The predicted molar refractivity (Wildman–Crippen MR) is 127 cm³/mol. The van der Waals surface area contributed by atoms with Crippen LogP contribution in [0.5, 0.6) is 6.01 Å². The second kappa shape index (κ2) is 9.69. The van der Waals surface area contributed by atoms with Gasteiger partial charge in [-0.1, -0.05) is 0 Å². The van der Waals surface area contributed by atoms with E-state index in [-0.39, 0.29) is 30.1 Å². The van der Waals surface area contributed by atoms with Crippen molar-refractivity contribution in [2.24, 2.45) is 5.92 Å². The van der Waals surface area contributed by atoms with Crippen LogP contribution in [0.15, 0.2) is 18.3 Å². The lowest BCUT2D eigenvalue weighted by Gasteiger charge is -2.37. The average molecular weight is 468 g/mol. The number of amides is 1.